The van der Waals surface area contributed by atoms with Crippen LogP contribution in [0.1, 0.15) is 16.7 Å². The number of nitriles is 1. The van der Waals surface area contributed by atoms with Gasteiger partial charge in [0.25, 0.3) is 0 Å². The first-order valence-electron chi connectivity index (χ1n) is 4.08. The fourth-order valence-corrected chi connectivity index (χ4v) is 1.24. The summed E-state index contributed by atoms with van der Waals surface area (Å²) in [5.41, 5.74) is 3.95. The first kappa shape index (κ1) is 9.60. The molecule has 0 aliphatic heterocycles. The lowest BCUT2D eigenvalue weighted by Crippen LogP contribution is -2.11. The average molecular weight is 167 g/mol. The van der Waals surface area contributed by atoms with Crippen molar-refractivity contribution in [2.75, 3.05) is 0 Å². The minimum atomic E-state index is 0.828. The van der Waals surface area contributed by atoms with E-state index in [1.807, 2.05) is 32.0 Å². The topological polar surface area (TPSA) is 23.8 Å². The monoisotopic (exact) mass is 167 g/mol. The van der Waals surface area contributed by atoms with Crippen LogP contribution in [0, 0.1) is 25.2 Å². The van der Waals surface area contributed by atoms with Crippen molar-refractivity contribution in [3.05, 3.63) is 34.9 Å². The lowest BCUT2D eigenvalue weighted by molar-refractivity contribution is 1.42. The summed E-state index contributed by atoms with van der Waals surface area (Å²) in [4.78, 5) is 0. The Kier molecular flexibility index (Phi) is 2.92. The van der Waals surface area contributed by atoms with Crippen molar-refractivity contribution in [2.24, 2.45) is 0 Å². The Bertz CT molecular complexity index is 363. The standard InChI is InChI=1S/C11H10BN/c1-8-6-10(4-3-5-13)7-9(2)11(8)12/h3-4,6-7H,1-2H3/b4-3+. The Morgan fingerprint density at radius 1 is 1.31 bits per heavy atom. The van der Waals surface area contributed by atoms with E-state index in [0.717, 1.165) is 22.2 Å². The number of allylic oxidation sites excluding steroid dienone is 1. The Balaban J connectivity index is 3.15. The van der Waals surface area contributed by atoms with Gasteiger partial charge in [-0.15, -0.1) is 0 Å². The minimum absolute atomic E-state index is 0.828. The Morgan fingerprint density at radius 2 is 1.85 bits per heavy atom. The van der Waals surface area contributed by atoms with Gasteiger partial charge < -0.3 is 0 Å². The van der Waals surface area contributed by atoms with Crippen molar-refractivity contribution in [1.29, 1.82) is 5.26 Å². The van der Waals surface area contributed by atoms with Gasteiger partial charge in [0, 0.05) is 6.08 Å². The summed E-state index contributed by atoms with van der Waals surface area (Å²) in [6, 6.07) is 5.89. The fourth-order valence-electron chi connectivity index (χ4n) is 1.24. The highest BCUT2D eigenvalue weighted by Gasteiger charge is 1.97. The van der Waals surface area contributed by atoms with Gasteiger partial charge in [0.1, 0.15) is 7.85 Å². The molecule has 0 aliphatic rings. The molecule has 0 heterocycles. The molecule has 0 aromatic heterocycles. The molecule has 0 saturated carbocycles. The molecule has 0 saturated heterocycles. The number of hydrogen-bond donors (Lipinski definition) is 0. The number of aryl methyl sites for hydroxylation is 2. The third-order valence-electron chi connectivity index (χ3n) is 1.97. The zero-order valence-electron chi connectivity index (χ0n) is 7.83. The van der Waals surface area contributed by atoms with Crippen LogP contribution >= 0.6 is 0 Å². The van der Waals surface area contributed by atoms with Gasteiger partial charge in [0.05, 0.1) is 6.07 Å². The molecule has 0 atom stereocenters. The molecule has 0 aliphatic carbocycles. The van der Waals surface area contributed by atoms with Crippen LogP contribution in [0.5, 0.6) is 0 Å². The smallest absolute Gasteiger partial charge is 0.114 e. The maximum Gasteiger partial charge on any atom is 0.114 e. The summed E-state index contributed by atoms with van der Waals surface area (Å²) in [7, 11) is 5.79. The molecule has 0 unspecified atom stereocenters. The van der Waals surface area contributed by atoms with Gasteiger partial charge in [0.2, 0.25) is 0 Å². The highest BCUT2D eigenvalue weighted by Crippen LogP contribution is 2.07. The van der Waals surface area contributed by atoms with Gasteiger partial charge >= 0.3 is 0 Å². The molecular weight excluding hydrogens is 157 g/mol. The SMILES string of the molecule is [B]c1c(C)cc(/C=C/C#N)cc1C. The number of rotatable bonds is 1. The van der Waals surface area contributed by atoms with E-state index in [9.17, 15) is 0 Å². The van der Waals surface area contributed by atoms with E-state index in [0.29, 0.717) is 0 Å². The normalized spacial score (nSPS) is 10.2. The molecule has 2 heteroatoms. The zero-order chi connectivity index (χ0) is 9.84. The van der Waals surface area contributed by atoms with E-state index >= 15 is 0 Å². The second-order valence-electron chi connectivity index (χ2n) is 3.03. The van der Waals surface area contributed by atoms with Crippen LogP contribution in [0.3, 0.4) is 0 Å². The van der Waals surface area contributed by atoms with Crippen molar-refractivity contribution >= 4 is 19.4 Å². The van der Waals surface area contributed by atoms with E-state index < -0.39 is 0 Å². The van der Waals surface area contributed by atoms with Gasteiger partial charge in [-0.1, -0.05) is 28.7 Å². The minimum Gasteiger partial charge on any atom is -0.193 e. The third-order valence-corrected chi connectivity index (χ3v) is 1.97. The van der Waals surface area contributed by atoms with Crippen LogP contribution in [-0.2, 0) is 0 Å². The molecule has 2 radical (unpaired) electrons. The van der Waals surface area contributed by atoms with E-state index in [1.54, 1.807) is 6.08 Å². The molecule has 1 rings (SSSR count). The third kappa shape index (κ3) is 2.22. The van der Waals surface area contributed by atoms with Gasteiger partial charge in [-0.05, 0) is 25.5 Å². The molecule has 1 aromatic rings. The fraction of sp³-hybridized carbons (Fsp3) is 0.182. The molecule has 1 nitrogen and oxygen atoms in total. The van der Waals surface area contributed by atoms with Crippen LogP contribution in [0.2, 0.25) is 0 Å². The van der Waals surface area contributed by atoms with E-state index in [-0.39, 0.29) is 0 Å². The molecule has 0 bridgehead atoms. The molecule has 62 valence electrons. The average Bonchev–Trinajstić information content (AvgIpc) is 2.10. The Hall–Kier alpha value is -1.49. The second kappa shape index (κ2) is 3.95. The number of nitrogens with zero attached hydrogens (tertiary/aromatic N) is 1. The summed E-state index contributed by atoms with van der Waals surface area (Å²) in [5, 5.41) is 8.36. The van der Waals surface area contributed by atoms with Crippen molar-refractivity contribution in [1.82, 2.24) is 0 Å². The molecule has 0 amide bonds. The quantitative estimate of drug-likeness (QED) is 0.460. The summed E-state index contributed by atoms with van der Waals surface area (Å²) >= 11 is 0. The van der Waals surface area contributed by atoms with Crippen LogP contribution in [0.4, 0.5) is 0 Å². The summed E-state index contributed by atoms with van der Waals surface area (Å²) in [6.45, 7) is 3.93. The largest absolute Gasteiger partial charge is 0.193 e. The van der Waals surface area contributed by atoms with Gasteiger partial charge in [0.15, 0.2) is 0 Å². The predicted molar refractivity (Wildman–Crippen MR) is 56.0 cm³/mol. The maximum absolute atomic E-state index is 8.36. The molecule has 0 fully saturated rings. The number of benzene rings is 1. The predicted octanol–water partition coefficient (Wildman–Crippen LogP) is 1.63. The van der Waals surface area contributed by atoms with E-state index in [2.05, 4.69) is 0 Å². The molecule has 0 N–H and O–H groups in total. The lowest BCUT2D eigenvalue weighted by atomic mass is 9.85. The first-order chi connectivity index (χ1) is 6.15. The number of hydrogen-bond acceptors (Lipinski definition) is 1. The summed E-state index contributed by atoms with van der Waals surface area (Å²) < 4.78 is 0. The Labute approximate surface area is 80.1 Å². The Morgan fingerprint density at radius 3 is 2.31 bits per heavy atom. The highest BCUT2D eigenvalue weighted by atomic mass is 14.2. The summed E-state index contributed by atoms with van der Waals surface area (Å²) in [5.74, 6) is 0. The van der Waals surface area contributed by atoms with Crippen molar-refractivity contribution in [3.8, 4) is 6.07 Å². The van der Waals surface area contributed by atoms with E-state index in [4.69, 9.17) is 13.1 Å². The highest BCUT2D eigenvalue weighted by molar-refractivity contribution is 6.34. The van der Waals surface area contributed by atoms with Gasteiger partial charge in [-0.3, -0.25) is 0 Å². The second-order valence-corrected chi connectivity index (χ2v) is 3.03. The van der Waals surface area contributed by atoms with Crippen molar-refractivity contribution in [2.45, 2.75) is 13.8 Å². The molecule has 1 aromatic carbocycles. The van der Waals surface area contributed by atoms with Crippen LogP contribution in [-0.4, -0.2) is 7.85 Å². The lowest BCUT2D eigenvalue weighted by Gasteiger charge is -2.06. The van der Waals surface area contributed by atoms with Crippen LogP contribution < -0.4 is 5.46 Å². The first-order valence-corrected chi connectivity index (χ1v) is 4.08. The zero-order valence-corrected chi connectivity index (χ0v) is 7.83. The van der Waals surface area contributed by atoms with Crippen LogP contribution in [0.15, 0.2) is 18.2 Å². The summed E-state index contributed by atoms with van der Waals surface area (Å²) in [6.07, 6.45) is 3.24. The molecule has 0 spiro atoms. The van der Waals surface area contributed by atoms with Crippen LogP contribution in [0.25, 0.3) is 6.08 Å². The molecule has 13 heavy (non-hydrogen) atoms. The van der Waals surface area contributed by atoms with E-state index in [1.165, 1.54) is 6.08 Å². The van der Waals surface area contributed by atoms with Crippen molar-refractivity contribution < 1.29 is 0 Å². The maximum atomic E-state index is 8.36. The molecular formula is C11H10BN. The van der Waals surface area contributed by atoms with Crippen molar-refractivity contribution in [3.63, 3.8) is 0 Å². The van der Waals surface area contributed by atoms with Gasteiger partial charge in [-0.2, -0.15) is 5.26 Å². The van der Waals surface area contributed by atoms with Gasteiger partial charge in [-0.25, -0.2) is 0 Å².